The molecule has 0 fully saturated rings. The Kier molecular flexibility index (Phi) is 4.58. The van der Waals surface area contributed by atoms with E-state index >= 15 is 0 Å². The Morgan fingerprint density at radius 3 is 2.00 bits per heavy atom. The summed E-state index contributed by atoms with van der Waals surface area (Å²) in [6.07, 6.45) is 0. The van der Waals surface area contributed by atoms with E-state index in [1.807, 2.05) is 26.8 Å². The SMILES string of the molecule is COC(=O)c1c(C)cc(C)c(C)c1C(C)(C)C(=O)OC. The molecular weight excluding hydrogens is 256 g/mol. The van der Waals surface area contributed by atoms with E-state index in [2.05, 4.69) is 0 Å². The van der Waals surface area contributed by atoms with Gasteiger partial charge in [0, 0.05) is 0 Å². The van der Waals surface area contributed by atoms with E-state index in [9.17, 15) is 9.59 Å². The van der Waals surface area contributed by atoms with Gasteiger partial charge in [0.2, 0.25) is 0 Å². The lowest BCUT2D eigenvalue weighted by Gasteiger charge is -2.28. The van der Waals surface area contributed by atoms with Gasteiger partial charge in [-0.1, -0.05) is 6.07 Å². The van der Waals surface area contributed by atoms with Gasteiger partial charge in [0.1, 0.15) is 0 Å². The molecule has 0 saturated heterocycles. The second-order valence-electron chi connectivity index (χ2n) is 5.49. The number of methoxy groups -OCH3 is 2. The van der Waals surface area contributed by atoms with E-state index in [1.54, 1.807) is 13.8 Å². The molecule has 0 N–H and O–H groups in total. The van der Waals surface area contributed by atoms with Gasteiger partial charge in [-0.05, 0) is 56.9 Å². The maximum atomic E-state index is 12.1. The Morgan fingerprint density at radius 2 is 1.55 bits per heavy atom. The number of hydrogen-bond donors (Lipinski definition) is 0. The maximum Gasteiger partial charge on any atom is 0.338 e. The standard InChI is InChI=1S/C16H22O4/c1-9-8-10(2)12(14(17)19-6)13(11(9)3)16(4,5)15(18)20-7/h8H,1-7H3. The second kappa shape index (κ2) is 5.65. The average molecular weight is 278 g/mol. The van der Waals surface area contributed by atoms with E-state index in [-0.39, 0.29) is 5.97 Å². The number of carbonyl (C=O) groups excluding carboxylic acids is 2. The first-order valence-corrected chi connectivity index (χ1v) is 6.46. The van der Waals surface area contributed by atoms with Crippen molar-refractivity contribution in [1.29, 1.82) is 0 Å². The van der Waals surface area contributed by atoms with Gasteiger partial charge in [-0.3, -0.25) is 4.79 Å². The van der Waals surface area contributed by atoms with E-state index in [0.29, 0.717) is 11.1 Å². The van der Waals surface area contributed by atoms with Crippen LogP contribution in [-0.2, 0) is 19.7 Å². The topological polar surface area (TPSA) is 52.6 Å². The first kappa shape index (κ1) is 16.2. The monoisotopic (exact) mass is 278 g/mol. The van der Waals surface area contributed by atoms with Crippen molar-refractivity contribution in [2.75, 3.05) is 14.2 Å². The molecule has 0 aromatic heterocycles. The first-order chi connectivity index (χ1) is 9.18. The molecule has 0 aliphatic heterocycles. The number of hydrogen-bond acceptors (Lipinski definition) is 4. The molecule has 20 heavy (non-hydrogen) atoms. The molecule has 0 unspecified atom stereocenters. The minimum absolute atomic E-state index is 0.379. The Hall–Kier alpha value is -1.84. The molecule has 0 saturated carbocycles. The van der Waals surface area contributed by atoms with Crippen molar-refractivity contribution in [2.24, 2.45) is 0 Å². The van der Waals surface area contributed by atoms with E-state index < -0.39 is 11.4 Å². The molecule has 110 valence electrons. The summed E-state index contributed by atoms with van der Waals surface area (Å²) in [5.74, 6) is -0.812. The van der Waals surface area contributed by atoms with Crippen molar-refractivity contribution >= 4 is 11.9 Å². The van der Waals surface area contributed by atoms with Crippen LogP contribution in [0, 0.1) is 20.8 Å². The van der Waals surface area contributed by atoms with Gasteiger partial charge in [0.05, 0.1) is 25.2 Å². The molecule has 0 spiro atoms. The molecule has 0 aliphatic carbocycles. The first-order valence-electron chi connectivity index (χ1n) is 6.46. The lowest BCUT2D eigenvalue weighted by Crippen LogP contribution is -2.34. The van der Waals surface area contributed by atoms with E-state index in [1.165, 1.54) is 14.2 Å². The lowest BCUT2D eigenvalue weighted by atomic mass is 9.76. The predicted molar refractivity (Wildman–Crippen MR) is 77.0 cm³/mol. The third-order valence-corrected chi connectivity index (χ3v) is 3.75. The summed E-state index contributed by atoms with van der Waals surface area (Å²) in [6.45, 7) is 9.22. The van der Waals surface area contributed by atoms with Crippen LogP contribution in [0.3, 0.4) is 0 Å². The summed E-state index contributed by atoms with van der Waals surface area (Å²) in [5, 5.41) is 0. The van der Waals surface area contributed by atoms with E-state index in [4.69, 9.17) is 9.47 Å². The van der Waals surface area contributed by atoms with Gasteiger partial charge in [0.15, 0.2) is 0 Å². The molecule has 4 nitrogen and oxygen atoms in total. The number of ether oxygens (including phenoxy) is 2. The lowest BCUT2D eigenvalue weighted by molar-refractivity contribution is -0.146. The number of esters is 2. The Bertz CT molecular complexity index is 556. The van der Waals surface area contributed by atoms with Gasteiger partial charge in [-0.15, -0.1) is 0 Å². The highest BCUT2D eigenvalue weighted by Gasteiger charge is 2.37. The fraction of sp³-hybridized carbons (Fsp3) is 0.500. The summed E-state index contributed by atoms with van der Waals surface area (Å²) in [6, 6.07) is 1.93. The van der Waals surface area contributed by atoms with Crippen LogP contribution < -0.4 is 0 Å². The minimum Gasteiger partial charge on any atom is -0.468 e. The van der Waals surface area contributed by atoms with Crippen molar-refractivity contribution in [3.63, 3.8) is 0 Å². The molecule has 0 radical (unpaired) electrons. The normalized spacial score (nSPS) is 11.2. The molecule has 1 aromatic rings. The predicted octanol–water partition coefficient (Wildman–Crippen LogP) is 2.85. The molecule has 0 heterocycles. The molecular formula is C16H22O4. The molecule has 1 rings (SSSR count). The molecule has 1 aromatic carbocycles. The van der Waals surface area contributed by atoms with Crippen LogP contribution in [0.2, 0.25) is 0 Å². The Balaban J connectivity index is 3.75. The summed E-state index contributed by atoms with van der Waals surface area (Å²) in [7, 11) is 2.69. The summed E-state index contributed by atoms with van der Waals surface area (Å²) >= 11 is 0. The zero-order valence-corrected chi connectivity index (χ0v) is 13.2. The summed E-state index contributed by atoms with van der Waals surface area (Å²) in [4.78, 5) is 24.2. The van der Waals surface area contributed by atoms with Gasteiger partial charge in [0.25, 0.3) is 0 Å². The summed E-state index contributed by atoms with van der Waals surface area (Å²) < 4.78 is 9.75. The highest BCUT2D eigenvalue weighted by molar-refractivity contribution is 5.97. The molecule has 0 aliphatic rings. The summed E-state index contributed by atoms with van der Waals surface area (Å²) in [5.41, 5.74) is 2.94. The molecule has 0 atom stereocenters. The van der Waals surface area contributed by atoms with Crippen LogP contribution >= 0.6 is 0 Å². The number of carbonyl (C=O) groups is 2. The number of benzene rings is 1. The molecule has 4 heteroatoms. The molecule has 0 bridgehead atoms. The third-order valence-electron chi connectivity index (χ3n) is 3.75. The van der Waals surface area contributed by atoms with Crippen molar-refractivity contribution in [2.45, 2.75) is 40.0 Å². The largest absolute Gasteiger partial charge is 0.468 e. The fourth-order valence-electron chi connectivity index (χ4n) is 2.59. The van der Waals surface area contributed by atoms with Crippen LogP contribution in [0.1, 0.15) is 46.5 Å². The second-order valence-corrected chi connectivity index (χ2v) is 5.49. The van der Waals surface area contributed by atoms with Gasteiger partial charge >= 0.3 is 11.9 Å². The third kappa shape index (κ3) is 2.55. The zero-order valence-electron chi connectivity index (χ0n) is 13.2. The van der Waals surface area contributed by atoms with Crippen LogP contribution in [0.15, 0.2) is 6.07 Å². The Labute approximate surface area is 120 Å². The van der Waals surface area contributed by atoms with Crippen molar-refractivity contribution in [3.05, 3.63) is 33.9 Å². The number of rotatable bonds is 3. The van der Waals surface area contributed by atoms with Crippen molar-refractivity contribution < 1.29 is 19.1 Å². The molecule has 0 amide bonds. The quantitative estimate of drug-likeness (QED) is 0.798. The van der Waals surface area contributed by atoms with Crippen LogP contribution in [0.5, 0.6) is 0 Å². The van der Waals surface area contributed by atoms with Gasteiger partial charge in [-0.25, -0.2) is 4.79 Å². The minimum atomic E-state index is -0.918. The maximum absolute atomic E-state index is 12.1. The zero-order chi connectivity index (χ0) is 15.7. The van der Waals surface area contributed by atoms with Crippen molar-refractivity contribution in [3.8, 4) is 0 Å². The smallest absolute Gasteiger partial charge is 0.338 e. The van der Waals surface area contributed by atoms with Crippen LogP contribution in [0.4, 0.5) is 0 Å². The highest BCUT2D eigenvalue weighted by Crippen LogP contribution is 2.34. The van der Waals surface area contributed by atoms with Gasteiger partial charge < -0.3 is 9.47 Å². The average Bonchev–Trinajstić information content (AvgIpc) is 2.40. The number of aryl methyl sites for hydroxylation is 2. The Morgan fingerprint density at radius 1 is 1.00 bits per heavy atom. The van der Waals surface area contributed by atoms with Gasteiger partial charge in [-0.2, -0.15) is 0 Å². The fourth-order valence-corrected chi connectivity index (χ4v) is 2.59. The van der Waals surface area contributed by atoms with Crippen molar-refractivity contribution in [1.82, 2.24) is 0 Å². The van der Waals surface area contributed by atoms with Crippen LogP contribution in [0.25, 0.3) is 0 Å². The van der Waals surface area contributed by atoms with Crippen LogP contribution in [-0.4, -0.2) is 26.2 Å². The highest BCUT2D eigenvalue weighted by atomic mass is 16.5. The van der Waals surface area contributed by atoms with E-state index in [0.717, 1.165) is 16.7 Å².